The zero-order chi connectivity index (χ0) is 18.4. The highest BCUT2D eigenvalue weighted by atomic mass is 32.2. The SMILES string of the molecule is CC(C)[C@H](C)NC(=O)C[NH+]1CCN(S(=O)(=O)Cc2ccccc2)CC1. The molecule has 1 saturated heterocycles. The van der Waals surface area contributed by atoms with Gasteiger partial charge in [0, 0.05) is 6.04 Å². The Labute approximate surface area is 151 Å². The smallest absolute Gasteiger partial charge is 0.275 e. The molecule has 1 aromatic rings. The van der Waals surface area contributed by atoms with E-state index in [1.54, 1.807) is 4.31 Å². The molecule has 6 nitrogen and oxygen atoms in total. The second-order valence-corrected chi connectivity index (χ2v) is 9.14. The molecule has 2 rings (SSSR count). The van der Waals surface area contributed by atoms with E-state index in [1.165, 1.54) is 0 Å². The Hall–Kier alpha value is -1.44. The molecule has 0 bridgehead atoms. The summed E-state index contributed by atoms with van der Waals surface area (Å²) in [6, 6.07) is 9.40. The molecule has 1 heterocycles. The summed E-state index contributed by atoms with van der Waals surface area (Å²) in [5.41, 5.74) is 0.805. The Balaban J connectivity index is 1.82. The van der Waals surface area contributed by atoms with E-state index in [0.29, 0.717) is 38.6 Å². The molecule has 1 aliphatic heterocycles. The standard InChI is InChI=1S/C18H29N3O3S/c1-15(2)16(3)19-18(22)13-20-9-11-21(12-10-20)25(23,24)14-17-7-5-4-6-8-17/h4-8,15-16H,9-14H2,1-3H3,(H,19,22)/p+1/t16-/m0/s1. The van der Waals surface area contributed by atoms with Gasteiger partial charge in [0.15, 0.2) is 6.54 Å². The molecule has 1 atom stereocenters. The third-order valence-corrected chi connectivity index (χ3v) is 6.66. The highest BCUT2D eigenvalue weighted by Gasteiger charge is 2.30. The number of carbonyl (C=O) groups excluding carboxylic acids is 1. The van der Waals surface area contributed by atoms with Crippen molar-refractivity contribution in [3.63, 3.8) is 0 Å². The normalized spacial score (nSPS) is 18.2. The van der Waals surface area contributed by atoms with Gasteiger partial charge in [-0.05, 0) is 18.4 Å². The summed E-state index contributed by atoms with van der Waals surface area (Å²) in [5, 5.41) is 3.01. The number of piperazine rings is 1. The zero-order valence-corrected chi connectivity index (χ0v) is 16.2. The molecule has 1 fully saturated rings. The van der Waals surface area contributed by atoms with Gasteiger partial charge >= 0.3 is 0 Å². The van der Waals surface area contributed by atoms with Crippen LogP contribution in [-0.2, 0) is 20.6 Å². The Morgan fingerprint density at radius 2 is 1.76 bits per heavy atom. The second-order valence-electron chi connectivity index (χ2n) is 7.17. The quantitative estimate of drug-likeness (QED) is 0.705. The molecule has 0 radical (unpaired) electrons. The molecule has 7 heteroatoms. The molecule has 0 spiro atoms. The third kappa shape index (κ3) is 6.09. The van der Waals surface area contributed by atoms with Crippen LogP contribution in [0.1, 0.15) is 26.3 Å². The Kier molecular flexibility index (Phi) is 6.98. The molecule has 0 aliphatic carbocycles. The fraction of sp³-hybridized carbons (Fsp3) is 0.611. The average molecular weight is 369 g/mol. The minimum atomic E-state index is -3.30. The monoisotopic (exact) mass is 368 g/mol. The lowest BCUT2D eigenvalue weighted by Crippen LogP contribution is -3.15. The van der Waals surface area contributed by atoms with Crippen molar-refractivity contribution in [1.29, 1.82) is 0 Å². The van der Waals surface area contributed by atoms with Crippen molar-refractivity contribution >= 4 is 15.9 Å². The number of amides is 1. The van der Waals surface area contributed by atoms with Crippen LogP contribution in [0.5, 0.6) is 0 Å². The fourth-order valence-electron chi connectivity index (χ4n) is 2.83. The predicted octanol–water partition coefficient (Wildman–Crippen LogP) is -0.122. The lowest BCUT2D eigenvalue weighted by Gasteiger charge is -2.31. The van der Waals surface area contributed by atoms with Gasteiger partial charge in [-0.3, -0.25) is 4.79 Å². The minimum Gasteiger partial charge on any atom is -0.348 e. The number of hydrogen-bond acceptors (Lipinski definition) is 3. The number of rotatable bonds is 7. The van der Waals surface area contributed by atoms with Crippen LogP contribution in [0.25, 0.3) is 0 Å². The van der Waals surface area contributed by atoms with Crippen molar-refractivity contribution in [2.75, 3.05) is 32.7 Å². The highest BCUT2D eigenvalue weighted by molar-refractivity contribution is 7.88. The maximum atomic E-state index is 12.5. The molecule has 0 saturated carbocycles. The molecule has 2 N–H and O–H groups in total. The summed E-state index contributed by atoms with van der Waals surface area (Å²) < 4.78 is 26.6. The average Bonchev–Trinajstić information content (AvgIpc) is 2.55. The van der Waals surface area contributed by atoms with Crippen LogP contribution in [-0.4, -0.2) is 57.4 Å². The van der Waals surface area contributed by atoms with Crippen molar-refractivity contribution in [2.24, 2.45) is 5.92 Å². The fourth-order valence-corrected chi connectivity index (χ4v) is 4.37. The summed E-state index contributed by atoms with van der Waals surface area (Å²) in [7, 11) is -3.30. The van der Waals surface area contributed by atoms with E-state index in [1.807, 2.05) is 37.3 Å². The van der Waals surface area contributed by atoms with Crippen LogP contribution < -0.4 is 10.2 Å². The molecule has 0 unspecified atom stereocenters. The maximum absolute atomic E-state index is 12.5. The summed E-state index contributed by atoms with van der Waals surface area (Å²) in [6.07, 6.45) is 0. The zero-order valence-electron chi connectivity index (χ0n) is 15.4. The Bertz CT molecular complexity index is 653. The van der Waals surface area contributed by atoms with Crippen LogP contribution in [0, 0.1) is 5.92 Å². The lowest BCUT2D eigenvalue weighted by atomic mass is 10.1. The number of sulfonamides is 1. The van der Waals surface area contributed by atoms with E-state index in [2.05, 4.69) is 19.2 Å². The first-order chi connectivity index (χ1) is 11.8. The third-order valence-electron chi connectivity index (χ3n) is 4.81. The molecule has 1 aromatic carbocycles. The minimum absolute atomic E-state index is 0.0373. The number of carbonyl (C=O) groups is 1. The van der Waals surface area contributed by atoms with Crippen molar-refractivity contribution in [3.8, 4) is 0 Å². The maximum Gasteiger partial charge on any atom is 0.275 e. The van der Waals surface area contributed by atoms with Crippen LogP contribution >= 0.6 is 0 Å². The molecule has 0 aromatic heterocycles. The van der Waals surface area contributed by atoms with Crippen molar-refractivity contribution in [1.82, 2.24) is 9.62 Å². The van der Waals surface area contributed by atoms with E-state index >= 15 is 0 Å². The summed E-state index contributed by atoms with van der Waals surface area (Å²) in [4.78, 5) is 13.2. The van der Waals surface area contributed by atoms with Crippen molar-refractivity contribution < 1.29 is 18.1 Å². The number of nitrogens with one attached hydrogen (secondary N) is 2. The Morgan fingerprint density at radius 3 is 2.32 bits per heavy atom. The highest BCUT2D eigenvalue weighted by Crippen LogP contribution is 2.10. The van der Waals surface area contributed by atoms with Gasteiger partial charge < -0.3 is 10.2 Å². The van der Waals surface area contributed by atoms with Crippen LogP contribution in [0.2, 0.25) is 0 Å². The molecule has 140 valence electrons. The molecular weight excluding hydrogens is 338 g/mol. The second kappa shape index (κ2) is 8.78. The van der Waals surface area contributed by atoms with Gasteiger partial charge in [-0.15, -0.1) is 0 Å². The van der Waals surface area contributed by atoms with Gasteiger partial charge in [0.05, 0.1) is 31.9 Å². The van der Waals surface area contributed by atoms with Crippen molar-refractivity contribution in [3.05, 3.63) is 35.9 Å². The van der Waals surface area contributed by atoms with E-state index < -0.39 is 10.0 Å². The largest absolute Gasteiger partial charge is 0.348 e. The van der Waals surface area contributed by atoms with E-state index in [0.717, 1.165) is 10.5 Å². The van der Waals surface area contributed by atoms with Crippen molar-refractivity contribution in [2.45, 2.75) is 32.6 Å². The first-order valence-electron chi connectivity index (χ1n) is 8.92. The van der Waals surface area contributed by atoms with Crippen LogP contribution in [0.15, 0.2) is 30.3 Å². The van der Waals surface area contributed by atoms with Gasteiger partial charge in [-0.25, -0.2) is 8.42 Å². The van der Waals surface area contributed by atoms with E-state index in [9.17, 15) is 13.2 Å². The molecule has 1 aliphatic rings. The predicted molar refractivity (Wildman–Crippen MR) is 98.6 cm³/mol. The van der Waals surface area contributed by atoms with Crippen LogP contribution in [0.3, 0.4) is 0 Å². The van der Waals surface area contributed by atoms with Gasteiger partial charge in [-0.2, -0.15) is 4.31 Å². The lowest BCUT2D eigenvalue weighted by molar-refractivity contribution is -0.895. The molecule has 1 amide bonds. The first kappa shape index (κ1) is 19.9. The molecule has 25 heavy (non-hydrogen) atoms. The Morgan fingerprint density at radius 1 is 1.16 bits per heavy atom. The van der Waals surface area contributed by atoms with E-state index in [-0.39, 0.29) is 17.7 Å². The topological polar surface area (TPSA) is 70.9 Å². The molecular formula is C18H30N3O3S+. The summed E-state index contributed by atoms with van der Waals surface area (Å²) in [5.74, 6) is 0.478. The summed E-state index contributed by atoms with van der Waals surface area (Å²) >= 11 is 0. The van der Waals surface area contributed by atoms with Crippen LogP contribution in [0.4, 0.5) is 0 Å². The van der Waals surface area contributed by atoms with Gasteiger partial charge in [0.1, 0.15) is 0 Å². The van der Waals surface area contributed by atoms with Gasteiger partial charge in [-0.1, -0.05) is 44.2 Å². The first-order valence-corrected chi connectivity index (χ1v) is 10.5. The number of quaternary nitrogens is 1. The van der Waals surface area contributed by atoms with Gasteiger partial charge in [0.25, 0.3) is 5.91 Å². The van der Waals surface area contributed by atoms with E-state index in [4.69, 9.17) is 0 Å². The summed E-state index contributed by atoms with van der Waals surface area (Å²) in [6.45, 7) is 8.84. The van der Waals surface area contributed by atoms with Gasteiger partial charge in [0.2, 0.25) is 10.0 Å². The number of hydrogen-bond donors (Lipinski definition) is 2. The number of benzene rings is 1. The number of nitrogens with zero attached hydrogens (tertiary/aromatic N) is 1.